The van der Waals surface area contributed by atoms with Crippen molar-refractivity contribution in [1.29, 1.82) is 0 Å². The fourth-order valence-electron chi connectivity index (χ4n) is 1.94. The lowest BCUT2D eigenvalue weighted by Gasteiger charge is -2.28. The summed E-state index contributed by atoms with van der Waals surface area (Å²) in [5.41, 5.74) is -0.178. The van der Waals surface area contributed by atoms with Gasteiger partial charge in [-0.05, 0) is 46.1 Å². The highest BCUT2D eigenvalue weighted by atomic mass is 16.6. The Bertz CT molecular complexity index is 248. The standard InChI is InChI=1S/C13H25NO3/c1-10-6-5-7-14-11(10)12(15)16-8-9-17-13(2,3)4/h10-11,14H,5-9H2,1-4H3. The zero-order valence-electron chi connectivity index (χ0n) is 11.4. The molecule has 0 aromatic carbocycles. The van der Waals surface area contributed by atoms with Crippen LogP contribution in [-0.2, 0) is 14.3 Å². The van der Waals surface area contributed by atoms with Crippen molar-refractivity contribution in [3.63, 3.8) is 0 Å². The highest BCUT2D eigenvalue weighted by molar-refractivity contribution is 5.76. The fourth-order valence-corrected chi connectivity index (χ4v) is 1.94. The second-order valence-corrected chi connectivity index (χ2v) is 5.68. The second kappa shape index (κ2) is 6.36. The number of esters is 1. The van der Waals surface area contributed by atoms with Gasteiger partial charge < -0.3 is 14.8 Å². The molecule has 0 bridgehead atoms. The molecule has 1 N–H and O–H groups in total. The molecule has 4 nitrogen and oxygen atoms in total. The van der Waals surface area contributed by atoms with Crippen molar-refractivity contribution in [2.75, 3.05) is 19.8 Å². The lowest BCUT2D eigenvalue weighted by atomic mass is 9.93. The summed E-state index contributed by atoms with van der Waals surface area (Å²) in [6, 6.07) is -0.140. The normalized spacial score (nSPS) is 25.6. The highest BCUT2D eigenvalue weighted by Crippen LogP contribution is 2.16. The molecule has 1 aliphatic heterocycles. The number of hydrogen-bond donors (Lipinski definition) is 1. The summed E-state index contributed by atoms with van der Waals surface area (Å²) in [5, 5.41) is 3.21. The predicted molar refractivity (Wildman–Crippen MR) is 66.9 cm³/mol. The van der Waals surface area contributed by atoms with Crippen LogP contribution in [0.15, 0.2) is 0 Å². The van der Waals surface area contributed by atoms with Crippen LogP contribution in [0.4, 0.5) is 0 Å². The van der Waals surface area contributed by atoms with Gasteiger partial charge in [0.15, 0.2) is 0 Å². The lowest BCUT2D eigenvalue weighted by Crippen LogP contribution is -2.46. The molecule has 1 saturated heterocycles. The summed E-state index contributed by atoms with van der Waals surface area (Å²) in [4.78, 5) is 11.8. The van der Waals surface area contributed by atoms with Gasteiger partial charge in [0.2, 0.25) is 0 Å². The number of carbonyl (C=O) groups is 1. The first-order valence-corrected chi connectivity index (χ1v) is 6.44. The number of hydrogen-bond acceptors (Lipinski definition) is 4. The van der Waals surface area contributed by atoms with Crippen LogP contribution in [-0.4, -0.2) is 37.4 Å². The first-order chi connectivity index (χ1) is 7.90. The SMILES string of the molecule is CC1CCCNC1C(=O)OCCOC(C)(C)C. The summed E-state index contributed by atoms with van der Waals surface area (Å²) in [6.45, 7) is 9.74. The molecule has 2 atom stereocenters. The van der Waals surface area contributed by atoms with E-state index in [4.69, 9.17) is 9.47 Å². The van der Waals surface area contributed by atoms with Gasteiger partial charge in [-0.1, -0.05) is 6.92 Å². The Morgan fingerprint density at radius 1 is 1.35 bits per heavy atom. The third kappa shape index (κ3) is 5.50. The molecular formula is C13H25NO3. The minimum Gasteiger partial charge on any atom is -0.462 e. The first-order valence-electron chi connectivity index (χ1n) is 6.44. The molecule has 1 heterocycles. The Labute approximate surface area is 104 Å². The molecule has 0 aromatic rings. The van der Waals surface area contributed by atoms with E-state index in [0.717, 1.165) is 19.4 Å². The molecule has 4 heteroatoms. The molecule has 2 unspecified atom stereocenters. The minimum atomic E-state index is -0.178. The Hall–Kier alpha value is -0.610. The summed E-state index contributed by atoms with van der Waals surface area (Å²) >= 11 is 0. The monoisotopic (exact) mass is 243 g/mol. The van der Waals surface area contributed by atoms with Crippen LogP contribution in [0.2, 0.25) is 0 Å². The maximum absolute atomic E-state index is 11.8. The number of ether oxygens (including phenoxy) is 2. The summed E-state index contributed by atoms with van der Waals surface area (Å²) in [5.74, 6) is 0.217. The van der Waals surface area contributed by atoms with E-state index in [1.54, 1.807) is 0 Å². The van der Waals surface area contributed by atoms with E-state index in [2.05, 4.69) is 12.2 Å². The molecule has 0 aliphatic carbocycles. The molecule has 1 rings (SSSR count). The van der Waals surface area contributed by atoms with Crippen molar-refractivity contribution < 1.29 is 14.3 Å². The van der Waals surface area contributed by atoms with Gasteiger partial charge in [-0.25, -0.2) is 0 Å². The number of carbonyl (C=O) groups excluding carboxylic acids is 1. The third-order valence-electron chi connectivity index (χ3n) is 2.89. The summed E-state index contributed by atoms with van der Waals surface area (Å²) in [7, 11) is 0. The van der Waals surface area contributed by atoms with E-state index in [0.29, 0.717) is 19.1 Å². The number of nitrogens with one attached hydrogen (secondary N) is 1. The van der Waals surface area contributed by atoms with Gasteiger partial charge >= 0.3 is 5.97 Å². The summed E-state index contributed by atoms with van der Waals surface area (Å²) in [6.07, 6.45) is 2.23. The Morgan fingerprint density at radius 2 is 2.06 bits per heavy atom. The molecule has 0 amide bonds. The zero-order valence-corrected chi connectivity index (χ0v) is 11.4. The fraction of sp³-hybridized carbons (Fsp3) is 0.923. The van der Waals surface area contributed by atoms with E-state index in [-0.39, 0.29) is 17.6 Å². The van der Waals surface area contributed by atoms with E-state index < -0.39 is 0 Å². The van der Waals surface area contributed by atoms with Crippen molar-refractivity contribution in [2.45, 2.75) is 52.2 Å². The predicted octanol–water partition coefficient (Wildman–Crippen LogP) is 1.73. The van der Waals surface area contributed by atoms with Gasteiger partial charge in [0, 0.05) is 0 Å². The van der Waals surface area contributed by atoms with E-state index in [1.807, 2.05) is 20.8 Å². The van der Waals surface area contributed by atoms with Gasteiger partial charge in [0.25, 0.3) is 0 Å². The van der Waals surface area contributed by atoms with Gasteiger partial charge in [0.1, 0.15) is 12.6 Å². The van der Waals surface area contributed by atoms with Crippen molar-refractivity contribution >= 4 is 5.97 Å². The Balaban J connectivity index is 2.20. The van der Waals surface area contributed by atoms with Gasteiger partial charge in [0.05, 0.1) is 12.2 Å². The maximum Gasteiger partial charge on any atom is 0.323 e. The molecular weight excluding hydrogens is 218 g/mol. The molecule has 0 radical (unpaired) electrons. The van der Waals surface area contributed by atoms with Crippen molar-refractivity contribution in [1.82, 2.24) is 5.32 Å². The maximum atomic E-state index is 11.8. The van der Waals surface area contributed by atoms with Crippen molar-refractivity contribution in [3.8, 4) is 0 Å². The Morgan fingerprint density at radius 3 is 2.65 bits per heavy atom. The van der Waals surface area contributed by atoms with E-state index in [1.165, 1.54) is 0 Å². The van der Waals surface area contributed by atoms with Gasteiger partial charge in [-0.15, -0.1) is 0 Å². The van der Waals surface area contributed by atoms with Gasteiger partial charge in [-0.3, -0.25) is 4.79 Å². The van der Waals surface area contributed by atoms with Crippen LogP contribution in [0.25, 0.3) is 0 Å². The van der Waals surface area contributed by atoms with Crippen LogP contribution in [0.1, 0.15) is 40.5 Å². The summed E-state index contributed by atoms with van der Waals surface area (Å²) < 4.78 is 10.7. The number of rotatable bonds is 4. The van der Waals surface area contributed by atoms with Crippen LogP contribution in [0.5, 0.6) is 0 Å². The zero-order chi connectivity index (χ0) is 12.9. The topological polar surface area (TPSA) is 47.6 Å². The van der Waals surface area contributed by atoms with Crippen molar-refractivity contribution in [2.24, 2.45) is 5.92 Å². The molecule has 1 aliphatic rings. The first kappa shape index (κ1) is 14.5. The second-order valence-electron chi connectivity index (χ2n) is 5.68. The molecule has 0 aromatic heterocycles. The Kier molecular flexibility index (Phi) is 5.40. The quantitative estimate of drug-likeness (QED) is 0.603. The lowest BCUT2D eigenvalue weighted by molar-refractivity contribution is -0.151. The average Bonchev–Trinajstić information content (AvgIpc) is 2.23. The van der Waals surface area contributed by atoms with Crippen LogP contribution < -0.4 is 5.32 Å². The van der Waals surface area contributed by atoms with E-state index >= 15 is 0 Å². The van der Waals surface area contributed by atoms with Crippen molar-refractivity contribution in [3.05, 3.63) is 0 Å². The number of piperidine rings is 1. The molecule has 0 spiro atoms. The smallest absolute Gasteiger partial charge is 0.323 e. The largest absolute Gasteiger partial charge is 0.462 e. The molecule has 100 valence electrons. The minimum absolute atomic E-state index is 0.140. The van der Waals surface area contributed by atoms with Crippen LogP contribution >= 0.6 is 0 Å². The van der Waals surface area contributed by atoms with Crippen LogP contribution in [0.3, 0.4) is 0 Å². The van der Waals surface area contributed by atoms with Crippen LogP contribution in [0, 0.1) is 5.92 Å². The molecule has 17 heavy (non-hydrogen) atoms. The third-order valence-corrected chi connectivity index (χ3v) is 2.89. The van der Waals surface area contributed by atoms with E-state index in [9.17, 15) is 4.79 Å². The van der Waals surface area contributed by atoms with Gasteiger partial charge in [-0.2, -0.15) is 0 Å². The highest BCUT2D eigenvalue weighted by Gasteiger charge is 2.28. The molecule has 1 fully saturated rings. The molecule has 0 saturated carbocycles. The average molecular weight is 243 g/mol.